The fraction of sp³-hybridized carbons (Fsp3) is 0.278. The highest BCUT2D eigenvalue weighted by atomic mass is 35.5. The van der Waals surface area contributed by atoms with Crippen LogP contribution in [0.25, 0.3) is 0 Å². The van der Waals surface area contributed by atoms with Gasteiger partial charge in [-0.1, -0.05) is 50.6 Å². The summed E-state index contributed by atoms with van der Waals surface area (Å²) in [7, 11) is 0. The largest absolute Gasteiger partial charge is 0.322 e. The van der Waals surface area contributed by atoms with Crippen LogP contribution < -0.4 is 5.32 Å². The van der Waals surface area contributed by atoms with E-state index in [-0.39, 0.29) is 11.3 Å². The summed E-state index contributed by atoms with van der Waals surface area (Å²) in [5.74, 6) is -0.129. The monoisotopic (exact) mass is 301 g/mol. The number of carbonyl (C=O) groups excluding carboxylic acids is 1. The zero-order chi connectivity index (χ0) is 15.6. The lowest BCUT2D eigenvalue weighted by atomic mass is 9.87. The Kier molecular flexibility index (Phi) is 4.38. The van der Waals surface area contributed by atoms with Gasteiger partial charge in [-0.3, -0.25) is 4.79 Å². The van der Waals surface area contributed by atoms with E-state index in [0.29, 0.717) is 16.3 Å². The van der Waals surface area contributed by atoms with Gasteiger partial charge in [0, 0.05) is 16.3 Å². The molecule has 2 aromatic carbocycles. The zero-order valence-electron chi connectivity index (χ0n) is 12.8. The van der Waals surface area contributed by atoms with E-state index >= 15 is 0 Å². The van der Waals surface area contributed by atoms with E-state index in [1.165, 1.54) is 5.56 Å². The van der Waals surface area contributed by atoms with E-state index < -0.39 is 0 Å². The highest BCUT2D eigenvalue weighted by Crippen LogP contribution is 2.23. The number of hydrogen-bond acceptors (Lipinski definition) is 1. The number of aryl methyl sites for hydroxylation is 1. The third kappa shape index (κ3) is 3.85. The fourth-order valence-electron chi connectivity index (χ4n) is 2.00. The van der Waals surface area contributed by atoms with Crippen molar-refractivity contribution in [2.75, 3.05) is 5.32 Å². The van der Waals surface area contributed by atoms with Crippen LogP contribution in [0.1, 0.15) is 42.3 Å². The minimum Gasteiger partial charge on any atom is -0.322 e. The van der Waals surface area contributed by atoms with E-state index in [1.54, 1.807) is 6.07 Å². The number of anilines is 1. The van der Waals surface area contributed by atoms with Crippen LogP contribution in [0, 0.1) is 6.92 Å². The van der Waals surface area contributed by atoms with Crippen LogP contribution in [-0.2, 0) is 5.41 Å². The third-order valence-corrected chi connectivity index (χ3v) is 3.85. The zero-order valence-corrected chi connectivity index (χ0v) is 13.6. The Morgan fingerprint density at radius 2 is 1.67 bits per heavy atom. The summed E-state index contributed by atoms with van der Waals surface area (Å²) in [4.78, 5) is 12.2. The molecule has 1 N–H and O–H groups in total. The first-order chi connectivity index (χ1) is 9.77. The second-order valence-corrected chi connectivity index (χ2v) is 6.65. The minimum atomic E-state index is -0.129. The van der Waals surface area contributed by atoms with Crippen molar-refractivity contribution >= 4 is 23.2 Å². The summed E-state index contributed by atoms with van der Waals surface area (Å²) in [6, 6.07) is 13.2. The average molecular weight is 302 g/mol. The Labute approximate surface area is 131 Å². The van der Waals surface area contributed by atoms with Crippen LogP contribution in [0.3, 0.4) is 0 Å². The molecule has 0 saturated carbocycles. The van der Waals surface area contributed by atoms with Crippen molar-refractivity contribution in [3.8, 4) is 0 Å². The molecule has 2 rings (SSSR count). The minimum absolute atomic E-state index is 0.0828. The van der Waals surface area contributed by atoms with Crippen molar-refractivity contribution in [2.24, 2.45) is 0 Å². The van der Waals surface area contributed by atoms with Gasteiger partial charge < -0.3 is 5.32 Å². The Balaban J connectivity index is 2.15. The quantitative estimate of drug-likeness (QED) is 0.811. The van der Waals surface area contributed by atoms with Gasteiger partial charge in [-0.15, -0.1) is 0 Å². The van der Waals surface area contributed by atoms with Gasteiger partial charge in [0.05, 0.1) is 0 Å². The van der Waals surface area contributed by atoms with Gasteiger partial charge in [-0.05, 0) is 47.7 Å². The topological polar surface area (TPSA) is 29.1 Å². The lowest BCUT2D eigenvalue weighted by Gasteiger charge is -2.19. The SMILES string of the molecule is Cc1ccc(NC(=O)c2ccc(C(C)(C)C)cc2)cc1Cl. The third-order valence-electron chi connectivity index (χ3n) is 3.44. The molecule has 2 nitrogen and oxygen atoms in total. The van der Waals surface area contributed by atoms with E-state index in [2.05, 4.69) is 26.1 Å². The highest BCUT2D eigenvalue weighted by molar-refractivity contribution is 6.31. The van der Waals surface area contributed by atoms with Gasteiger partial charge in [0.25, 0.3) is 5.91 Å². The van der Waals surface area contributed by atoms with Gasteiger partial charge >= 0.3 is 0 Å². The molecule has 1 amide bonds. The standard InChI is InChI=1S/C18H20ClNO/c1-12-5-10-15(11-16(12)19)20-17(21)13-6-8-14(9-7-13)18(2,3)4/h5-11H,1-4H3,(H,20,21). The predicted molar refractivity (Wildman–Crippen MR) is 89.3 cm³/mol. The second kappa shape index (κ2) is 5.90. The fourth-order valence-corrected chi connectivity index (χ4v) is 2.18. The maximum atomic E-state index is 12.2. The van der Waals surface area contributed by atoms with E-state index in [0.717, 1.165) is 5.56 Å². The second-order valence-electron chi connectivity index (χ2n) is 6.25. The summed E-state index contributed by atoms with van der Waals surface area (Å²) in [6.45, 7) is 8.38. The summed E-state index contributed by atoms with van der Waals surface area (Å²) < 4.78 is 0. The number of benzene rings is 2. The molecule has 0 spiro atoms. The first kappa shape index (κ1) is 15.6. The molecule has 0 unspecified atom stereocenters. The number of rotatable bonds is 2. The van der Waals surface area contributed by atoms with Crippen molar-refractivity contribution in [3.05, 3.63) is 64.2 Å². The molecule has 0 heterocycles. The van der Waals surface area contributed by atoms with Gasteiger partial charge in [0.1, 0.15) is 0 Å². The maximum absolute atomic E-state index is 12.2. The molecule has 0 aromatic heterocycles. The molecule has 0 radical (unpaired) electrons. The van der Waals surface area contributed by atoms with Gasteiger partial charge in [0.15, 0.2) is 0 Å². The van der Waals surface area contributed by atoms with Crippen molar-refractivity contribution in [1.29, 1.82) is 0 Å². The van der Waals surface area contributed by atoms with Gasteiger partial charge in [-0.2, -0.15) is 0 Å². The van der Waals surface area contributed by atoms with Crippen molar-refractivity contribution in [1.82, 2.24) is 0 Å². The molecule has 0 saturated heterocycles. The molecule has 0 aliphatic rings. The normalized spacial score (nSPS) is 11.3. The first-order valence-electron chi connectivity index (χ1n) is 6.95. The van der Waals surface area contributed by atoms with E-state index in [1.807, 2.05) is 43.3 Å². The number of halogens is 1. The van der Waals surface area contributed by atoms with Crippen LogP contribution in [0.4, 0.5) is 5.69 Å². The molecule has 0 atom stereocenters. The summed E-state index contributed by atoms with van der Waals surface area (Å²) in [5.41, 5.74) is 3.62. The molecule has 0 aliphatic heterocycles. The molecule has 2 aromatic rings. The lowest BCUT2D eigenvalue weighted by Crippen LogP contribution is -2.14. The number of amides is 1. The summed E-state index contributed by atoms with van der Waals surface area (Å²) in [5, 5.41) is 3.51. The molecule has 0 fully saturated rings. The Morgan fingerprint density at radius 3 is 2.19 bits per heavy atom. The molecule has 21 heavy (non-hydrogen) atoms. The van der Waals surface area contributed by atoms with Crippen LogP contribution in [0.15, 0.2) is 42.5 Å². The first-order valence-corrected chi connectivity index (χ1v) is 7.33. The molecule has 110 valence electrons. The van der Waals surface area contributed by atoms with Crippen molar-refractivity contribution in [2.45, 2.75) is 33.1 Å². The summed E-state index contributed by atoms with van der Waals surface area (Å²) >= 11 is 6.06. The van der Waals surface area contributed by atoms with Crippen LogP contribution in [0.5, 0.6) is 0 Å². The average Bonchev–Trinajstić information content (AvgIpc) is 2.42. The van der Waals surface area contributed by atoms with Crippen molar-refractivity contribution in [3.63, 3.8) is 0 Å². The number of nitrogens with one attached hydrogen (secondary N) is 1. The number of carbonyl (C=O) groups is 1. The molecular weight excluding hydrogens is 282 g/mol. The molecular formula is C18H20ClNO. The lowest BCUT2D eigenvalue weighted by molar-refractivity contribution is 0.102. The Hall–Kier alpha value is -1.80. The van der Waals surface area contributed by atoms with E-state index in [4.69, 9.17) is 11.6 Å². The van der Waals surface area contributed by atoms with Crippen LogP contribution >= 0.6 is 11.6 Å². The predicted octanol–water partition coefficient (Wildman–Crippen LogP) is 5.20. The molecule has 0 aliphatic carbocycles. The maximum Gasteiger partial charge on any atom is 0.255 e. The van der Waals surface area contributed by atoms with Gasteiger partial charge in [-0.25, -0.2) is 0 Å². The van der Waals surface area contributed by atoms with Crippen LogP contribution in [0.2, 0.25) is 5.02 Å². The van der Waals surface area contributed by atoms with E-state index in [9.17, 15) is 4.79 Å². The smallest absolute Gasteiger partial charge is 0.255 e. The van der Waals surface area contributed by atoms with Crippen molar-refractivity contribution < 1.29 is 4.79 Å². The highest BCUT2D eigenvalue weighted by Gasteiger charge is 2.14. The summed E-state index contributed by atoms with van der Waals surface area (Å²) in [6.07, 6.45) is 0. The Bertz CT molecular complexity index is 654. The number of hydrogen-bond donors (Lipinski definition) is 1. The van der Waals surface area contributed by atoms with Crippen LogP contribution in [-0.4, -0.2) is 5.91 Å². The van der Waals surface area contributed by atoms with Gasteiger partial charge in [0.2, 0.25) is 0 Å². The molecule has 3 heteroatoms. The Morgan fingerprint density at radius 1 is 1.05 bits per heavy atom. The molecule has 0 bridgehead atoms.